The predicted octanol–water partition coefficient (Wildman–Crippen LogP) is 1.65. The first-order valence-electron chi connectivity index (χ1n) is 7.72. The van der Waals surface area contributed by atoms with E-state index >= 15 is 0 Å². The summed E-state index contributed by atoms with van der Waals surface area (Å²) in [4.78, 5) is 14.3. The van der Waals surface area contributed by atoms with Crippen molar-refractivity contribution in [3.63, 3.8) is 0 Å². The van der Waals surface area contributed by atoms with Gasteiger partial charge in [0.15, 0.2) is 0 Å². The number of carbonyl (C=O) groups excluding carboxylic acids is 1. The second-order valence-electron chi connectivity index (χ2n) is 6.25. The zero-order valence-electron chi connectivity index (χ0n) is 13.7. The van der Waals surface area contributed by atoms with E-state index in [4.69, 9.17) is 4.74 Å². The summed E-state index contributed by atoms with van der Waals surface area (Å²) in [5.41, 5.74) is 1.45. The third-order valence-corrected chi connectivity index (χ3v) is 4.12. The first kappa shape index (κ1) is 15.6. The Morgan fingerprint density at radius 3 is 2.74 bits per heavy atom. The number of aromatic nitrogens is 2. The third kappa shape index (κ3) is 3.22. The van der Waals surface area contributed by atoms with E-state index in [-0.39, 0.29) is 5.91 Å². The molecule has 6 nitrogen and oxygen atoms in total. The van der Waals surface area contributed by atoms with Gasteiger partial charge in [0.05, 0.1) is 31.1 Å². The van der Waals surface area contributed by atoms with Gasteiger partial charge in [-0.25, -0.2) is 0 Å². The molecule has 0 radical (unpaired) electrons. The molecule has 1 fully saturated rings. The van der Waals surface area contributed by atoms with Crippen LogP contribution in [0.3, 0.4) is 0 Å². The number of nitrogens with zero attached hydrogens (tertiary/aromatic N) is 3. The predicted molar refractivity (Wildman–Crippen MR) is 88.8 cm³/mol. The molecular formula is C17H22N4O2. The van der Waals surface area contributed by atoms with Crippen LogP contribution >= 0.6 is 0 Å². The topological polar surface area (TPSA) is 59.4 Å². The van der Waals surface area contributed by atoms with Crippen molar-refractivity contribution < 1.29 is 9.53 Å². The lowest BCUT2D eigenvalue weighted by molar-refractivity contribution is -0.124. The number of benzene rings is 1. The molecule has 1 amide bonds. The summed E-state index contributed by atoms with van der Waals surface area (Å²) >= 11 is 0. The summed E-state index contributed by atoms with van der Waals surface area (Å²) < 4.78 is 7.01. The van der Waals surface area contributed by atoms with E-state index < -0.39 is 5.54 Å². The van der Waals surface area contributed by atoms with Crippen LogP contribution in [0.1, 0.15) is 19.4 Å². The van der Waals surface area contributed by atoms with Gasteiger partial charge in [-0.2, -0.15) is 5.10 Å². The molecule has 1 aliphatic heterocycles. The highest BCUT2D eigenvalue weighted by Crippen LogP contribution is 2.21. The van der Waals surface area contributed by atoms with Crippen LogP contribution in [0.25, 0.3) is 0 Å². The highest BCUT2D eigenvalue weighted by molar-refractivity contribution is 6.00. The van der Waals surface area contributed by atoms with E-state index in [1.54, 1.807) is 18.2 Å². The van der Waals surface area contributed by atoms with Crippen molar-refractivity contribution in [2.45, 2.75) is 25.9 Å². The minimum absolute atomic E-state index is 0.0766. The Labute approximate surface area is 136 Å². The van der Waals surface area contributed by atoms with Crippen LogP contribution in [-0.2, 0) is 11.3 Å². The molecule has 2 heterocycles. The molecule has 1 aromatic heterocycles. The number of anilines is 1. The maximum Gasteiger partial charge on any atom is 0.246 e. The summed E-state index contributed by atoms with van der Waals surface area (Å²) in [6, 6.07) is 7.89. The van der Waals surface area contributed by atoms with Gasteiger partial charge in [0.2, 0.25) is 5.91 Å². The Morgan fingerprint density at radius 1 is 1.30 bits per heavy atom. The van der Waals surface area contributed by atoms with Crippen molar-refractivity contribution in [2.75, 3.05) is 25.1 Å². The highest BCUT2D eigenvalue weighted by atomic mass is 16.5. The molecule has 1 N–H and O–H groups in total. The summed E-state index contributed by atoms with van der Waals surface area (Å²) in [6.45, 7) is 5.92. The standard InChI is InChI=1S/C17H22N4O2/c1-17(2)16(22)21(9-8-18-17)14-10-19-20(12-14)11-13-4-6-15(23-3)7-5-13/h4-7,10,12,18H,8-9,11H2,1-3H3. The van der Waals surface area contributed by atoms with Crippen molar-refractivity contribution in [2.24, 2.45) is 0 Å². The summed E-state index contributed by atoms with van der Waals surface area (Å²) in [5, 5.41) is 7.62. The van der Waals surface area contributed by atoms with Crippen LogP contribution in [0.2, 0.25) is 0 Å². The van der Waals surface area contributed by atoms with Crippen molar-refractivity contribution in [1.82, 2.24) is 15.1 Å². The van der Waals surface area contributed by atoms with Gasteiger partial charge in [-0.05, 0) is 31.5 Å². The van der Waals surface area contributed by atoms with Crippen molar-refractivity contribution >= 4 is 11.6 Å². The molecule has 6 heteroatoms. The van der Waals surface area contributed by atoms with Gasteiger partial charge in [0.25, 0.3) is 0 Å². The number of rotatable bonds is 4. The molecule has 122 valence electrons. The monoisotopic (exact) mass is 314 g/mol. The minimum Gasteiger partial charge on any atom is -0.497 e. The maximum absolute atomic E-state index is 12.5. The van der Waals surface area contributed by atoms with E-state index in [0.29, 0.717) is 13.1 Å². The third-order valence-electron chi connectivity index (χ3n) is 4.12. The van der Waals surface area contributed by atoms with Crippen LogP contribution in [0.4, 0.5) is 5.69 Å². The van der Waals surface area contributed by atoms with Crippen LogP contribution in [0.5, 0.6) is 5.75 Å². The Morgan fingerprint density at radius 2 is 2.04 bits per heavy atom. The van der Waals surface area contributed by atoms with Gasteiger partial charge in [-0.3, -0.25) is 9.48 Å². The number of methoxy groups -OCH3 is 1. The molecule has 0 bridgehead atoms. The van der Waals surface area contributed by atoms with Gasteiger partial charge >= 0.3 is 0 Å². The quantitative estimate of drug-likeness (QED) is 0.932. The molecular weight excluding hydrogens is 292 g/mol. The van der Waals surface area contributed by atoms with Crippen molar-refractivity contribution in [1.29, 1.82) is 0 Å². The summed E-state index contributed by atoms with van der Waals surface area (Å²) in [7, 11) is 1.65. The van der Waals surface area contributed by atoms with E-state index in [1.165, 1.54) is 0 Å². The Balaban J connectivity index is 1.73. The molecule has 2 aromatic rings. The fraction of sp³-hybridized carbons (Fsp3) is 0.412. The summed E-state index contributed by atoms with van der Waals surface area (Å²) in [5.74, 6) is 0.913. The normalized spacial score (nSPS) is 17.3. The zero-order chi connectivity index (χ0) is 16.4. The summed E-state index contributed by atoms with van der Waals surface area (Å²) in [6.07, 6.45) is 3.67. The molecule has 23 heavy (non-hydrogen) atoms. The Kier molecular flexibility index (Phi) is 4.09. The number of hydrogen-bond acceptors (Lipinski definition) is 4. The molecule has 1 aliphatic rings. The number of hydrogen-bond donors (Lipinski definition) is 1. The molecule has 0 saturated carbocycles. The first-order chi connectivity index (χ1) is 11.0. The second-order valence-corrected chi connectivity index (χ2v) is 6.25. The Hall–Kier alpha value is -2.34. The van der Waals surface area contributed by atoms with Gasteiger partial charge < -0.3 is 15.0 Å². The van der Waals surface area contributed by atoms with E-state index in [9.17, 15) is 4.79 Å². The van der Waals surface area contributed by atoms with Crippen LogP contribution in [0.15, 0.2) is 36.7 Å². The van der Waals surface area contributed by atoms with Gasteiger partial charge in [-0.1, -0.05) is 12.1 Å². The maximum atomic E-state index is 12.5. The molecule has 3 rings (SSSR count). The molecule has 1 aromatic carbocycles. The second kappa shape index (κ2) is 6.04. The largest absolute Gasteiger partial charge is 0.497 e. The molecule has 1 saturated heterocycles. The van der Waals surface area contributed by atoms with Gasteiger partial charge in [0, 0.05) is 19.3 Å². The zero-order valence-corrected chi connectivity index (χ0v) is 13.7. The van der Waals surface area contributed by atoms with Crippen LogP contribution < -0.4 is 15.0 Å². The van der Waals surface area contributed by atoms with E-state index in [1.807, 2.05) is 49.0 Å². The van der Waals surface area contributed by atoms with Gasteiger partial charge in [0.1, 0.15) is 5.75 Å². The molecule has 0 aliphatic carbocycles. The molecule has 0 unspecified atom stereocenters. The fourth-order valence-electron chi connectivity index (χ4n) is 2.74. The number of carbonyl (C=O) groups is 1. The first-order valence-corrected chi connectivity index (χ1v) is 7.72. The average Bonchev–Trinajstić information content (AvgIpc) is 2.99. The highest BCUT2D eigenvalue weighted by Gasteiger charge is 2.36. The van der Waals surface area contributed by atoms with Gasteiger partial charge in [-0.15, -0.1) is 0 Å². The molecule has 0 spiro atoms. The van der Waals surface area contributed by atoms with Crippen molar-refractivity contribution in [3.05, 3.63) is 42.2 Å². The minimum atomic E-state index is -0.531. The van der Waals surface area contributed by atoms with E-state index in [0.717, 1.165) is 23.5 Å². The van der Waals surface area contributed by atoms with E-state index in [2.05, 4.69) is 10.4 Å². The lowest BCUT2D eigenvalue weighted by Gasteiger charge is -2.37. The lowest BCUT2D eigenvalue weighted by Crippen LogP contribution is -2.61. The lowest BCUT2D eigenvalue weighted by atomic mass is 10.0. The average molecular weight is 314 g/mol. The van der Waals surface area contributed by atoms with Crippen LogP contribution in [0, 0.1) is 0 Å². The number of ether oxygens (including phenoxy) is 1. The van der Waals surface area contributed by atoms with Crippen LogP contribution in [-0.4, -0.2) is 41.4 Å². The number of nitrogens with one attached hydrogen (secondary N) is 1. The molecule has 0 atom stereocenters. The fourth-order valence-corrected chi connectivity index (χ4v) is 2.74. The Bertz CT molecular complexity index is 691. The number of piperazine rings is 1. The van der Waals surface area contributed by atoms with Crippen molar-refractivity contribution in [3.8, 4) is 5.75 Å². The smallest absolute Gasteiger partial charge is 0.246 e. The number of amides is 1. The SMILES string of the molecule is COc1ccc(Cn2cc(N3CCNC(C)(C)C3=O)cn2)cc1.